The van der Waals surface area contributed by atoms with E-state index in [-0.39, 0.29) is 30.4 Å². The Kier molecular flexibility index (Phi) is 4.90. The minimum Gasteiger partial charge on any atom is -0.396 e. The quantitative estimate of drug-likeness (QED) is 0.878. The van der Waals surface area contributed by atoms with Crippen LogP contribution in [0.5, 0.6) is 0 Å². The molecule has 2 fully saturated rings. The van der Waals surface area contributed by atoms with Gasteiger partial charge in [-0.05, 0) is 18.4 Å². The first-order valence-corrected chi connectivity index (χ1v) is 8.80. The lowest BCUT2D eigenvalue weighted by Crippen LogP contribution is -2.46. The van der Waals surface area contributed by atoms with Crippen LogP contribution in [0.3, 0.4) is 0 Å². The first-order chi connectivity index (χ1) is 11.6. The number of likely N-dealkylation sites (tertiary alicyclic amines) is 1. The highest BCUT2D eigenvalue weighted by Gasteiger charge is 2.47. The van der Waals surface area contributed by atoms with Crippen LogP contribution in [0.15, 0.2) is 30.3 Å². The van der Waals surface area contributed by atoms with Crippen molar-refractivity contribution in [3.63, 3.8) is 0 Å². The molecule has 2 amide bonds. The van der Waals surface area contributed by atoms with Crippen LogP contribution >= 0.6 is 0 Å². The van der Waals surface area contributed by atoms with Gasteiger partial charge >= 0.3 is 0 Å². The van der Waals surface area contributed by atoms with E-state index >= 15 is 0 Å². The van der Waals surface area contributed by atoms with E-state index in [4.69, 9.17) is 0 Å². The first kappa shape index (κ1) is 17.0. The predicted molar refractivity (Wildman–Crippen MR) is 91.3 cm³/mol. The Balaban J connectivity index is 1.83. The molecule has 0 spiro atoms. The monoisotopic (exact) mass is 330 g/mol. The van der Waals surface area contributed by atoms with Gasteiger partial charge in [-0.2, -0.15) is 0 Å². The molecule has 130 valence electrons. The zero-order valence-corrected chi connectivity index (χ0v) is 14.2. The number of hydrogen-bond donors (Lipinski definition) is 2. The van der Waals surface area contributed by atoms with Crippen LogP contribution < -0.4 is 5.32 Å². The number of nitrogens with one attached hydrogen (secondary N) is 1. The molecule has 1 heterocycles. The molecule has 3 rings (SSSR count). The van der Waals surface area contributed by atoms with Crippen LogP contribution in [0.4, 0.5) is 0 Å². The zero-order chi connectivity index (χ0) is 17.2. The predicted octanol–water partition coefficient (Wildman–Crippen LogP) is 1.45. The van der Waals surface area contributed by atoms with Gasteiger partial charge in [-0.15, -0.1) is 0 Å². The van der Waals surface area contributed by atoms with Crippen molar-refractivity contribution in [2.45, 2.75) is 44.1 Å². The molecule has 5 heteroatoms. The lowest BCUT2D eigenvalue weighted by atomic mass is 9.77. The summed E-state index contributed by atoms with van der Waals surface area (Å²) in [4.78, 5) is 26.6. The van der Waals surface area contributed by atoms with E-state index in [1.54, 1.807) is 0 Å². The third-order valence-corrected chi connectivity index (χ3v) is 5.54. The van der Waals surface area contributed by atoms with Gasteiger partial charge in [-0.25, -0.2) is 0 Å². The lowest BCUT2D eigenvalue weighted by Gasteiger charge is -2.33. The molecule has 1 aromatic carbocycles. The van der Waals surface area contributed by atoms with Gasteiger partial charge in [-0.3, -0.25) is 9.59 Å². The maximum Gasteiger partial charge on any atom is 0.233 e. The van der Waals surface area contributed by atoms with Gasteiger partial charge < -0.3 is 15.3 Å². The van der Waals surface area contributed by atoms with E-state index in [9.17, 15) is 14.7 Å². The van der Waals surface area contributed by atoms with Crippen molar-refractivity contribution < 1.29 is 14.7 Å². The van der Waals surface area contributed by atoms with E-state index in [2.05, 4.69) is 5.32 Å². The summed E-state index contributed by atoms with van der Waals surface area (Å²) in [5, 5.41) is 12.5. The van der Waals surface area contributed by atoms with Gasteiger partial charge in [0.15, 0.2) is 0 Å². The second kappa shape index (κ2) is 6.93. The second-order valence-corrected chi connectivity index (χ2v) is 7.12. The van der Waals surface area contributed by atoms with Crippen molar-refractivity contribution in [1.29, 1.82) is 0 Å². The fourth-order valence-corrected chi connectivity index (χ4v) is 4.31. The topological polar surface area (TPSA) is 69.6 Å². The minimum atomic E-state index is -0.438. The van der Waals surface area contributed by atoms with Crippen LogP contribution in [0.2, 0.25) is 0 Å². The molecule has 1 saturated heterocycles. The Morgan fingerprint density at radius 2 is 1.88 bits per heavy atom. The maximum absolute atomic E-state index is 13.4. The molecule has 1 saturated carbocycles. The number of amides is 2. The second-order valence-electron chi connectivity index (χ2n) is 7.12. The highest BCUT2D eigenvalue weighted by atomic mass is 16.3. The molecule has 2 N–H and O–H groups in total. The third-order valence-electron chi connectivity index (χ3n) is 5.54. The molecule has 2 atom stereocenters. The Hall–Kier alpha value is -1.88. The highest BCUT2D eigenvalue weighted by molar-refractivity contribution is 5.89. The van der Waals surface area contributed by atoms with Gasteiger partial charge in [-0.1, -0.05) is 43.2 Å². The van der Waals surface area contributed by atoms with Crippen molar-refractivity contribution in [3.8, 4) is 0 Å². The summed E-state index contributed by atoms with van der Waals surface area (Å²) >= 11 is 0. The molecule has 1 aromatic rings. The number of carbonyl (C=O) groups excluding carboxylic acids is 2. The molecular weight excluding hydrogens is 304 g/mol. The zero-order valence-electron chi connectivity index (χ0n) is 14.2. The van der Waals surface area contributed by atoms with E-state index in [0.29, 0.717) is 13.1 Å². The van der Waals surface area contributed by atoms with Gasteiger partial charge in [0.1, 0.15) is 0 Å². The molecule has 2 aliphatic rings. The van der Waals surface area contributed by atoms with Gasteiger partial charge in [0.25, 0.3) is 0 Å². The lowest BCUT2D eigenvalue weighted by molar-refractivity contribution is -0.136. The maximum atomic E-state index is 13.4. The highest BCUT2D eigenvalue weighted by Crippen LogP contribution is 2.43. The van der Waals surface area contributed by atoms with Crippen LogP contribution in [0.1, 0.15) is 38.2 Å². The number of aliphatic hydroxyl groups is 1. The molecular formula is C19H26N2O3. The Bertz CT molecular complexity index is 596. The number of benzene rings is 1. The normalized spacial score (nSPS) is 25.7. The van der Waals surface area contributed by atoms with Crippen LogP contribution in [0, 0.1) is 5.92 Å². The van der Waals surface area contributed by atoms with Crippen molar-refractivity contribution >= 4 is 11.8 Å². The number of carbonyl (C=O) groups is 2. The Morgan fingerprint density at radius 3 is 2.46 bits per heavy atom. The number of hydrogen-bond acceptors (Lipinski definition) is 3. The average molecular weight is 330 g/mol. The fraction of sp³-hybridized carbons (Fsp3) is 0.579. The Labute approximate surface area is 143 Å². The van der Waals surface area contributed by atoms with E-state index in [1.807, 2.05) is 35.2 Å². The van der Waals surface area contributed by atoms with E-state index < -0.39 is 5.41 Å². The molecule has 1 aliphatic carbocycles. The van der Waals surface area contributed by atoms with Gasteiger partial charge in [0.2, 0.25) is 11.8 Å². The summed E-state index contributed by atoms with van der Waals surface area (Å²) < 4.78 is 0. The van der Waals surface area contributed by atoms with Gasteiger partial charge in [0, 0.05) is 32.5 Å². The molecule has 1 aliphatic heterocycles. The largest absolute Gasteiger partial charge is 0.396 e. The third kappa shape index (κ3) is 3.05. The van der Waals surface area contributed by atoms with E-state index in [1.165, 1.54) is 6.92 Å². The summed E-state index contributed by atoms with van der Waals surface area (Å²) in [6.45, 7) is 2.45. The van der Waals surface area contributed by atoms with Crippen LogP contribution in [-0.2, 0) is 15.0 Å². The molecule has 0 unspecified atom stereocenters. The standard InChI is InChI=1S/C19H26N2O3/c1-14(23)20-17-12-21(11-15(17)13-22)18(24)19(9-5-6-10-19)16-7-3-2-4-8-16/h2-4,7-8,15,17,22H,5-6,9-13H2,1H3,(H,20,23)/t15-,17+/m0/s1. The SMILES string of the molecule is CC(=O)N[C@@H]1CN(C(=O)C2(c3ccccc3)CCCC2)C[C@H]1CO. The summed E-state index contributed by atoms with van der Waals surface area (Å²) in [7, 11) is 0. The summed E-state index contributed by atoms with van der Waals surface area (Å²) in [5.74, 6) is -0.0593. The molecule has 5 nitrogen and oxygen atoms in total. The van der Waals surface area contributed by atoms with Crippen LogP contribution in [-0.4, -0.2) is 47.6 Å². The molecule has 0 radical (unpaired) electrons. The number of aliphatic hydroxyl groups excluding tert-OH is 1. The summed E-state index contributed by atoms with van der Waals surface area (Å²) in [6, 6.07) is 9.89. The van der Waals surface area contributed by atoms with Crippen LogP contribution in [0.25, 0.3) is 0 Å². The number of rotatable bonds is 4. The molecule has 0 aromatic heterocycles. The first-order valence-electron chi connectivity index (χ1n) is 8.80. The van der Waals surface area contributed by atoms with E-state index in [0.717, 1.165) is 31.2 Å². The Morgan fingerprint density at radius 1 is 1.21 bits per heavy atom. The van der Waals surface area contributed by atoms with Crippen molar-refractivity contribution in [2.75, 3.05) is 19.7 Å². The summed E-state index contributed by atoms with van der Waals surface area (Å²) in [5.41, 5.74) is 0.655. The van der Waals surface area contributed by atoms with Gasteiger partial charge in [0.05, 0.1) is 11.5 Å². The fourth-order valence-electron chi connectivity index (χ4n) is 4.31. The minimum absolute atomic E-state index is 0.0208. The summed E-state index contributed by atoms with van der Waals surface area (Å²) in [6.07, 6.45) is 3.88. The molecule has 24 heavy (non-hydrogen) atoms. The van der Waals surface area contributed by atoms with Crippen molar-refractivity contribution in [3.05, 3.63) is 35.9 Å². The van der Waals surface area contributed by atoms with Crippen molar-refractivity contribution in [1.82, 2.24) is 10.2 Å². The molecule has 0 bridgehead atoms. The average Bonchev–Trinajstić information content (AvgIpc) is 3.22. The smallest absolute Gasteiger partial charge is 0.233 e. The van der Waals surface area contributed by atoms with Crippen molar-refractivity contribution in [2.24, 2.45) is 5.92 Å². The number of nitrogens with zero attached hydrogens (tertiary/aromatic N) is 1.